The number of piperidine rings is 1. The van der Waals surface area contributed by atoms with Crippen molar-refractivity contribution < 1.29 is 0 Å². The molecule has 0 bridgehead atoms. The lowest BCUT2D eigenvalue weighted by Crippen LogP contribution is -2.44. The fourth-order valence-electron chi connectivity index (χ4n) is 3.23. The Bertz CT molecular complexity index is 438. The van der Waals surface area contributed by atoms with Crippen molar-refractivity contribution in [1.29, 1.82) is 0 Å². The second-order valence-corrected chi connectivity index (χ2v) is 6.61. The van der Waals surface area contributed by atoms with Crippen molar-refractivity contribution in [2.75, 3.05) is 19.6 Å². The Morgan fingerprint density at radius 2 is 2.28 bits per heavy atom. The zero-order valence-corrected chi connectivity index (χ0v) is 12.7. The van der Waals surface area contributed by atoms with Gasteiger partial charge < -0.3 is 5.32 Å². The van der Waals surface area contributed by atoms with Crippen LogP contribution in [0.4, 0.5) is 0 Å². The van der Waals surface area contributed by atoms with E-state index in [1.807, 2.05) is 6.07 Å². The lowest BCUT2D eigenvalue weighted by Gasteiger charge is -2.37. The number of hydrogen-bond acceptors (Lipinski definition) is 2. The molecule has 1 aromatic rings. The summed E-state index contributed by atoms with van der Waals surface area (Å²) >= 11 is 9.61. The van der Waals surface area contributed by atoms with Crippen LogP contribution in [0.2, 0.25) is 5.02 Å². The summed E-state index contributed by atoms with van der Waals surface area (Å²) in [4.78, 5) is 2.62. The molecule has 98 valence electrons. The van der Waals surface area contributed by atoms with E-state index in [9.17, 15) is 0 Å². The van der Waals surface area contributed by atoms with Crippen molar-refractivity contribution in [2.24, 2.45) is 5.92 Å². The summed E-state index contributed by atoms with van der Waals surface area (Å²) in [5, 5.41) is 4.34. The Hall–Kier alpha value is -0.0900. The van der Waals surface area contributed by atoms with Crippen molar-refractivity contribution in [3.05, 3.63) is 33.3 Å². The highest BCUT2D eigenvalue weighted by molar-refractivity contribution is 9.10. The summed E-state index contributed by atoms with van der Waals surface area (Å²) in [6.45, 7) is 4.59. The summed E-state index contributed by atoms with van der Waals surface area (Å²) in [6, 6.07) is 7.02. The SMILES string of the molecule is Clc1cc(CN2CCCC3CNCC32)ccc1Br. The minimum Gasteiger partial charge on any atom is -0.315 e. The first kappa shape index (κ1) is 12.9. The average molecular weight is 330 g/mol. The number of nitrogens with zero attached hydrogens (tertiary/aromatic N) is 1. The van der Waals surface area contributed by atoms with Gasteiger partial charge in [-0.25, -0.2) is 0 Å². The highest BCUT2D eigenvalue weighted by Crippen LogP contribution is 2.29. The van der Waals surface area contributed by atoms with Gasteiger partial charge in [-0.05, 0) is 65.5 Å². The van der Waals surface area contributed by atoms with Crippen LogP contribution in [0.15, 0.2) is 22.7 Å². The van der Waals surface area contributed by atoms with Gasteiger partial charge in [0.1, 0.15) is 0 Å². The van der Waals surface area contributed by atoms with Gasteiger partial charge in [0.25, 0.3) is 0 Å². The molecule has 2 unspecified atom stereocenters. The van der Waals surface area contributed by atoms with Gasteiger partial charge in [-0.2, -0.15) is 0 Å². The van der Waals surface area contributed by atoms with Crippen LogP contribution >= 0.6 is 27.5 Å². The van der Waals surface area contributed by atoms with Crippen LogP contribution < -0.4 is 5.32 Å². The maximum absolute atomic E-state index is 6.17. The topological polar surface area (TPSA) is 15.3 Å². The van der Waals surface area contributed by atoms with Crippen LogP contribution in [0.25, 0.3) is 0 Å². The molecule has 2 heterocycles. The molecule has 0 radical (unpaired) electrons. The lowest BCUT2D eigenvalue weighted by molar-refractivity contribution is 0.117. The van der Waals surface area contributed by atoms with E-state index in [1.165, 1.54) is 31.5 Å². The van der Waals surface area contributed by atoms with Crippen molar-refractivity contribution in [3.63, 3.8) is 0 Å². The van der Waals surface area contributed by atoms with Crippen LogP contribution in [0.1, 0.15) is 18.4 Å². The van der Waals surface area contributed by atoms with E-state index in [1.54, 1.807) is 0 Å². The molecule has 0 aromatic heterocycles. The first-order chi connectivity index (χ1) is 8.74. The van der Waals surface area contributed by atoms with Gasteiger partial charge in [0, 0.05) is 23.6 Å². The third-order valence-electron chi connectivity index (χ3n) is 4.16. The van der Waals surface area contributed by atoms with Crippen molar-refractivity contribution in [1.82, 2.24) is 10.2 Å². The molecule has 4 heteroatoms. The molecule has 0 spiro atoms. The number of fused-ring (bicyclic) bond motifs is 1. The number of nitrogens with one attached hydrogen (secondary N) is 1. The van der Waals surface area contributed by atoms with Crippen LogP contribution in [0.5, 0.6) is 0 Å². The van der Waals surface area contributed by atoms with Crippen LogP contribution in [0.3, 0.4) is 0 Å². The minimum atomic E-state index is 0.723. The summed E-state index contributed by atoms with van der Waals surface area (Å²) in [5.74, 6) is 0.852. The molecule has 2 nitrogen and oxygen atoms in total. The van der Waals surface area contributed by atoms with Gasteiger partial charge in [-0.1, -0.05) is 17.7 Å². The van der Waals surface area contributed by atoms with Crippen LogP contribution in [-0.4, -0.2) is 30.6 Å². The molecule has 3 rings (SSSR count). The monoisotopic (exact) mass is 328 g/mol. The Morgan fingerprint density at radius 3 is 3.11 bits per heavy atom. The van der Waals surface area contributed by atoms with Gasteiger partial charge in [-0.3, -0.25) is 4.90 Å². The second kappa shape index (κ2) is 5.49. The van der Waals surface area contributed by atoms with Crippen LogP contribution in [-0.2, 0) is 6.54 Å². The Labute approximate surface area is 122 Å². The maximum atomic E-state index is 6.17. The largest absolute Gasteiger partial charge is 0.315 e. The molecule has 2 aliphatic rings. The molecule has 18 heavy (non-hydrogen) atoms. The molecular formula is C14H18BrClN2. The smallest absolute Gasteiger partial charge is 0.0551 e. The van der Waals surface area contributed by atoms with E-state index < -0.39 is 0 Å². The number of benzene rings is 1. The second-order valence-electron chi connectivity index (χ2n) is 5.35. The minimum absolute atomic E-state index is 0.723. The van der Waals surface area contributed by atoms with E-state index in [4.69, 9.17) is 11.6 Å². The Kier molecular flexibility index (Phi) is 3.94. The number of likely N-dealkylation sites (tertiary alicyclic amines) is 1. The predicted octanol–water partition coefficient (Wildman–Crippen LogP) is 3.29. The summed E-state index contributed by atoms with van der Waals surface area (Å²) in [5.41, 5.74) is 1.32. The first-order valence-electron chi connectivity index (χ1n) is 6.63. The molecular weight excluding hydrogens is 312 g/mol. The van der Waals surface area contributed by atoms with E-state index in [-0.39, 0.29) is 0 Å². The first-order valence-corrected chi connectivity index (χ1v) is 7.80. The zero-order valence-electron chi connectivity index (χ0n) is 10.3. The molecule has 2 saturated heterocycles. The van der Waals surface area contributed by atoms with E-state index in [2.05, 4.69) is 38.3 Å². The van der Waals surface area contributed by atoms with E-state index >= 15 is 0 Å². The van der Waals surface area contributed by atoms with Gasteiger partial charge in [0.15, 0.2) is 0 Å². The highest BCUT2D eigenvalue weighted by atomic mass is 79.9. The van der Waals surface area contributed by atoms with Crippen molar-refractivity contribution >= 4 is 27.5 Å². The zero-order chi connectivity index (χ0) is 12.5. The Balaban J connectivity index is 1.73. The predicted molar refractivity (Wildman–Crippen MR) is 78.9 cm³/mol. The summed E-state index contributed by atoms with van der Waals surface area (Å²) in [6.07, 6.45) is 2.71. The quantitative estimate of drug-likeness (QED) is 0.896. The highest BCUT2D eigenvalue weighted by Gasteiger charge is 2.34. The molecule has 1 aromatic carbocycles. The van der Waals surface area contributed by atoms with Gasteiger partial charge >= 0.3 is 0 Å². The number of halogens is 2. The Morgan fingerprint density at radius 1 is 1.39 bits per heavy atom. The normalized spacial score (nSPS) is 28.3. The van der Waals surface area contributed by atoms with E-state index in [0.29, 0.717) is 0 Å². The number of hydrogen-bond donors (Lipinski definition) is 1. The third kappa shape index (κ3) is 2.60. The van der Waals surface area contributed by atoms with Gasteiger partial charge in [-0.15, -0.1) is 0 Å². The lowest BCUT2D eigenvalue weighted by atomic mass is 9.92. The third-order valence-corrected chi connectivity index (χ3v) is 5.40. The summed E-state index contributed by atoms with van der Waals surface area (Å²) in [7, 11) is 0. The molecule has 1 N–H and O–H groups in total. The molecule has 0 aliphatic carbocycles. The van der Waals surface area contributed by atoms with Gasteiger partial charge in [0.2, 0.25) is 0 Å². The standard InChI is InChI=1S/C14H18BrClN2/c15-12-4-3-10(6-13(12)16)9-18-5-1-2-11-7-17-8-14(11)18/h3-4,6,11,14,17H,1-2,5,7-9H2. The molecule has 2 aliphatic heterocycles. The fourth-order valence-corrected chi connectivity index (χ4v) is 3.68. The molecule has 0 amide bonds. The van der Waals surface area contributed by atoms with Gasteiger partial charge in [0.05, 0.1) is 5.02 Å². The molecule has 2 fully saturated rings. The summed E-state index contributed by atoms with van der Waals surface area (Å²) < 4.78 is 0.979. The molecule has 2 atom stereocenters. The van der Waals surface area contributed by atoms with Crippen LogP contribution in [0, 0.1) is 5.92 Å². The van der Waals surface area contributed by atoms with E-state index in [0.717, 1.165) is 34.5 Å². The number of rotatable bonds is 2. The maximum Gasteiger partial charge on any atom is 0.0551 e. The average Bonchev–Trinajstić information content (AvgIpc) is 2.83. The fraction of sp³-hybridized carbons (Fsp3) is 0.571. The molecule has 0 saturated carbocycles. The van der Waals surface area contributed by atoms with Crippen molar-refractivity contribution in [3.8, 4) is 0 Å². The van der Waals surface area contributed by atoms with Crippen molar-refractivity contribution in [2.45, 2.75) is 25.4 Å².